The van der Waals surface area contributed by atoms with Crippen LogP contribution in [-0.2, 0) is 11.3 Å². The monoisotopic (exact) mass is 405 g/mol. The first-order chi connectivity index (χ1) is 14.5. The van der Waals surface area contributed by atoms with E-state index >= 15 is 0 Å². The summed E-state index contributed by atoms with van der Waals surface area (Å²) in [6.07, 6.45) is 6.43. The van der Waals surface area contributed by atoms with Crippen LogP contribution in [0, 0.1) is 5.92 Å². The number of nitrogens with zero attached hydrogens (tertiary/aromatic N) is 3. The van der Waals surface area contributed by atoms with E-state index in [-0.39, 0.29) is 17.9 Å². The van der Waals surface area contributed by atoms with Crippen LogP contribution < -0.4 is 10.6 Å². The number of urea groups is 1. The number of nitrogens with one attached hydrogen (secondary N) is 2. The van der Waals surface area contributed by atoms with Crippen LogP contribution in [0.3, 0.4) is 0 Å². The summed E-state index contributed by atoms with van der Waals surface area (Å²) in [5.41, 5.74) is 3.78. The Morgan fingerprint density at radius 1 is 1.17 bits per heavy atom. The maximum atomic E-state index is 12.2. The number of hydrogen-bond acceptors (Lipinski definition) is 3. The SMILES string of the molecule is CC[C@H](C)C(=O)N1CC(c2ccc(NC(=O)NCc3ccn4ccnc4c3)cc2)C1. The molecule has 7 heteroatoms. The lowest BCUT2D eigenvalue weighted by Crippen LogP contribution is -2.50. The Hall–Kier alpha value is -3.35. The Morgan fingerprint density at radius 2 is 1.93 bits per heavy atom. The molecule has 1 aliphatic heterocycles. The molecular formula is C23H27N5O2. The third-order valence-corrected chi connectivity index (χ3v) is 5.78. The van der Waals surface area contributed by atoms with Gasteiger partial charge in [0.2, 0.25) is 5.91 Å². The Kier molecular flexibility index (Phi) is 5.70. The van der Waals surface area contributed by atoms with Crippen molar-refractivity contribution < 1.29 is 9.59 Å². The molecule has 2 N–H and O–H groups in total. The van der Waals surface area contributed by atoms with Crippen LogP contribution in [0.4, 0.5) is 10.5 Å². The molecule has 1 atom stereocenters. The number of imidazole rings is 1. The van der Waals surface area contributed by atoms with Crippen molar-refractivity contribution in [3.8, 4) is 0 Å². The van der Waals surface area contributed by atoms with Crippen LogP contribution in [-0.4, -0.2) is 39.3 Å². The van der Waals surface area contributed by atoms with Gasteiger partial charge in [0.1, 0.15) is 5.65 Å². The van der Waals surface area contributed by atoms with E-state index in [1.54, 1.807) is 6.20 Å². The zero-order valence-electron chi connectivity index (χ0n) is 17.3. The average molecular weight is 406 g/mol. The molecule has 3 heterocycles. The first-order valence-corrected chi connectivity index (χ1v) is 10.4. The highest BCUT2D eigenvalue weighted by Crippen LogP contribution is 2.29. The highest BCUT2D eigenvalue weighted by atomic mass is 16.2. The molecule has 0 saturated carbocycles. The van der Waals surface area contributed by atoms with Crippen LogP contribution >= 0.6 is 0 Å². The number of benzene rings is 1. The molecule has 0 aliphatic carbocycles. The second-order valence-corrected chi connectivity index (χ2v) is 7.91. The first-order valence-electron chi connectivity index (χ1n) is 10.4. The van der Waals surface area contributed by atoms with Gasteiger partial charge in [0.25, 0.3) is 0 Å². The summed E-state index contributed by atoms with van der Waals surface area (Å²) < 4.78 is 1.92. The molecule has 3 aromatic rings. The van der Waals surface area contributed by atoms with Gasteiger partial charge < -0.3 is 19.9 Å². The number of anilines is 1. The van der Waals surface area contributed by atoms with E-state index in [9.17, 15) is 9.59 Å². The normalized spacial score (nSPS) is 14.9. The number of likely N-dealkylation sites (tertiary alicyclic amines) is 1. The molecule has 1 aliphatic rings. The fraction of sp³-hybridized carbons (Fsp3) is 0.348. The van der Waals surface area contributed by atoms with E-state index in [1.165, 1.54) is 5.56 Å². The minimum Gasteiger partial charge on any atom is -0.341 e. The molecule has 2 aromatic heterocycles. The smallest absolute Gasteiger partial charge is 0.319 e. The zero-order valence-corrected chi connectivity index (χ0v) is 17.3. The van der Waals surface area contributed by atoms with Gasteiger partial charge in [0, 0.05) is 55.7 Å². The summed E-state index contributed by atoms with van der Waals surface area (Å²) in [7, 11) is 0. The van der Waals surface area contributed by atoms with Gasteiger partial charge in [-0.2, -0.15) is 0 Å². The number of carbonyl (C=O) groups is 2. The quantitative estimate of drug-likeness (QED) is 0.657. The predicted molar refractivity (Wildman–Crippen MR) is 116 cm³/mol. The second-order valence-electron chi connectivity index (χ2n) is 7.91. The molecule has 1 saturated heterocycles. The highest BCUT2D eigenvalue weighted by molar-refractivity contribution is 5.89. The lowest BCUT2D eigenvalue weighted by molar-refractivity contribution is -0.139. The van der Waals surface area contributed by atoms with Gasteiger partial charge in [-0.15, -0.1) is 0 Å². The van der Waals surface area contributed by atoms with Gasteiger partial charge in [0.05, 0.1) is 0 Å². The Morgan fingerprint density at radius 3 is 2.67 bits per heavy atom. The van der Waals surface area contributed by atoms with Crippen molar-refractivity contribution in [1.82, 2.24) is 19.6 Å². The van der Waals surface area contributed by atoms with Crippen molar-refractivity contribution in [2.24, 2.45) is 5.92 Å². The maximum absolute atomic E-state index is 12.2. The molecule has 4 rings (SSSR count). The van der Waals surface area contributed by atoms with Crippen LogP contribution in [0.15, 0.2) is 55.0 Å². The minimum atomic E-state index is -0.250. The molecule has 3 amide bonds. The summed E-state index contributed by atoms with van der Waals surface area (Å²) in [5.74, 6) is 0.715. The fourth-order valence-corrected chi connectivity index (χ4v) is 3.61. The van der Waals surface area contributed by atoms with Crippen molar-refractivity contribution in [2.45, 2.75) is 32.7 Å². The van der Waals surface area contributed by atoms with Crippen molar-refractivity contribution in [3.63, 3.8) is 0 Å². The Bertz CT molecular complexity index is 1040. The summed E-state index contributed by atoms with van der Waals surface area (Å²) in [6.45, 7) is 6.00. The van der Waals surface area contributed by atoms with Crippen LogP contribution in [0.2, 0.25) is 0 Å². The number of pyridine rings is 1. The van der Waals surface area contributed by atoms with Crippen molar-refractivity contribution in [3.05, 3.63) is 66.1 Å². The third-order valence-electron chi connectivity index (χ3n) is 5.78. The van der Waals surface area contributed by atoms with E-state index in [0.717, 1.165) is 36.4 Å². The number of aromatic nitrogens is 2. The van der Waals surface area contributed by atoms with Crippen molar-refractivity contribution in [1.29, 1.82) is 0 Å². The van der Waals surface area contributed by atoms with E-state index in [1.807, 2.05) is 71.9 Å². The number of amides is 3. The lowest BCUT2D eigenvalue weighted by atomic mass is 9.90. The molecule has 1 aromatic carbocycles. The molecule has 0 spiro atoms. The van der Waals surface area contributed by atoms with Crippen LogP contribution in [0.1, 0.15) is 37.3 Å². The Labute approximate surface area is 176 Å². The van der Waals surface area contributed by atoms with Gasteiger partial charge >= 0.3 is 6.03 Å². The van der Waals surface area contributed by atoms with Gasteiger partial charge in [-0.1, -0.05) is 26.0 Å². The largest absolute Gasteiger partial charge is 0.341 e. The summed E-state index contributed by atoms with van der Waals surface area (Å²) in [6, 6.07) is 11.5. The molecule has 156 valence electrons. The van der Waals surface area contributed by atoms with Gasteiger partial charge in [0.15, 0.2) is 0 Å². The number of fused-ring (bicyclic) bond motifs is 1. The standard InChI is InChI=1S/C23H27N5O2/c1-3-16(2)22(29)28-14-19(15-28)18-4-6-20(7-5-18)26-23(30)25-13-17-8-10-27-11-9-24-21(27)12-17/h4-12,16,19H,3,13-15H2,1-2H3,(H2,25,26,30)/t16-/m0/s1. The molecular weight excluding hydrogens is 378 g/mol. The fourth-order valence-electron chi connectivity index (χ4n) is 3.61. The summed E-state index contributed by atoms with van der Waals surface area (Å²) in [4.78, 5) is 30.6. The molecule has 0 radical (unpaired) electrons. The number of hydrogen-bond donors (Lipinski definition) is 2. The summed E-state index contributed by atoms with van der Waals surface area (Å²) in [5, 5.41) is 5.73. The second kappa shape index (κ2) is 8.57. The van der Waals surface area contributed by atoms with Gasteiger partial charge in [-0.25, -0.2) is 9.78 Å². The average Bonchev–Trinajstić information content (AvgIpc) is 3.19. The Balaban J connectivity index is 1.25. The highest BCUT2D eigenvalue weighted by Gasteiger charge is 2.33. The van der Waals surface area contributed by atoms with Crippen LogP contribution in [0.5, 0.6) is 0 Å². The van der Waals surface area contributed by atoms with Crippen molar-refractivity contribution in [2.75, 3.05) is 18.4 Å². The van der Waals surface area contributed by atoms with E-state index in [0.29, 0.717) is 12.5 Å². The summed E-state index contributed by atoms with van der Waals surface area (Å²) >= 11 is 0. The molecule has 0 unspecified atom stereocenters. The van der Waals surface area contributed by atoms with Crippen molar-refractivity contribution >= 4 is 23.3 Å². The topological polar surface area (TPSA) is 78.7 Å². The zero-order chi connectivity index (χ0) is 21.1. The van der Waals surface area contributed by atoms with E-state index < -0.39 is 0 Å². The molecule has 1 fully saturated rings. The predicted octanol–water partition coefficient (Wildman–Crippen LogP) is 3.63. The third kappa shape index (κ3) is 4.30. The number of carbonyl (C=O) groups excluding carboxylic acids is 2. The lowest BCUT2D eigenvalue weighted by Gasteiger charge is -2.41. The maximum Gasteiger partial charge on any atom is 0.319 e. The van der Waals surface area contributed by atoms with E-state index in [2.05, 4.69) is 15.6 Å². The first kappa shape index (κ1) is 19.9. The molecule has 30 heavy (non-hydrogen) atoms. The van der Waals surface area contributed by atoms with Gasteiger partial charge in [-0.05, 0) is 41.8 Å². The van der Waals surface area contributed by atoms with Crippen LogP contribution in [0.25, 0.3) is 5.65 Å². The molecule has 7 nitrogen and oxygen atoms in total. The molecule has 0 bridgehead atoms. The van der Waals surface area contributed by atoms with Gasteiger partial charge in [-0.3, -0.25) is 4.79 Å². The van der Waals surface area contributed by atoms with E-state index in [4.69, 9.17) is 0 Å². The number of rotatable bonds is 6. The minimum absolute atomic E-state index is 0.0951.